The minimum atomic E-state index is -0.156. The fourth-order valence-corrected chi connectivity index (χ4v) is 3.74. The van der Waals surface area contributed by atoms with Crippen LogP contribution in [0.25, 0.3) is 0 Å². The van der Waals surface area contributed by atoms with Crippen molar-refractivity contribution in [2.75, 3.05) is 6.61 Å². The van der Waals surface area contributed by atoms with Crippen molar-refractivity contribution in [1.82, 2.24) is 4.57 Å². The molecular formula is C24H33NO3. The highest BCUT2D eigenvalue weighted by atomic mass is 16.6. The molecule has 0 spiro atoms. The highest BCUT2D eigenvalue weighted by Crippen LogP contribution is 2.54. The molecule has 152 valence electrons. The standard InChI is InChI=1S/C24H33NO3/c1-5-6-7-14-27-22-21(24(22,3)4)23(26)28-17-25-13-12-20(16-25)15-19-10-8-18(2)9-11-19/h8-13,16,21-22H,5-7,14-15,17H2,1-4H3. The summed E-state index contributed by atoms with van der Waals surface area (Å²) in [6.45, 7) is 9.41. The Morgan fingerprint density at radius 3 is 2.57 bits per heavy atom. The van der Waals surface area contributed by atoms with Crippen LogP contribution in [0.2, 0.25) is 0 Å². The van der Waals surface area contributed by atoms with E-state index in [1.165, 1.54) is 29.5 Å². The molecule has 1 aliphatic carbocycles. The lowest BCUT2D eigenvalue weighted by Gasteiger charge is -2.06. The molecule has 3 rings (SSSR count). The average molecular weight is 384 g/mol. The van der Waals surface area contributed by atoms with Crippen LogP contribution in [0.15, 0.2) is 42.7 Å². The van der Waals surface area contributed by atoms with E-state index in [2.05, 4.69) is 58.0 Å². The Kier molecular flexibility index (Phi) is 6.61. The van der Waals surface area contributed by atoms with Crippen LogP contribution in [0.3, 0.4) is 0 Å². The van der Waals surface area contributed by atoms with Gasteiger partial charge in [0.25, 0.3) is 0 Å². The third-order valence-corrected chi connectivity index (χ3v) is 5.72. The number of carbonyl (C=O) groups is 1. The number of unbranched alkanes of at least 4 members (excludes halogenated alkanes) is 2. The summed E-state index contributed by atoms with van der Waals surface area (Å²) in [5.74, 6) is -0.309. The second-order valence-electron chi connectivity index (χ2n) is 8.59. The summed E-state index contributed by atoms with van der Waals surface area (Å²) in [6, 6.07) is 10.7. The van der Waals surface area contributed by atoms with Crippen LogP contribution in [-0.2, 0) is 27.4 Å². The van der Waals surface area contributed by atoms with Gasteiger partial charge < -0.3 is 14.0 Å². The minimum Gasteiger partial charge on any atom is -0.444 e. The average Bonchev–Trinajstić information content (AvgIpc) is 2.99. The van der Waals surface area contributed by atoms with E-state index < -0.39 is 0 Å². The summed E-state index contributed by atoms with van der Waals surface area (Å²) in [5, 5.41) is 0. The summed E-state index contributed by atoms with van der Waals surface area (Å²) in [7, 11) is 0. The number of nitrogens with zero attached hydrogens (tertiary/aromatic N) is 1. The van der Waals surface area contributed by atoms with E-state index in [-0.39, 0.29) is 30.1 Å². The zero-order valence-corrected chi connectivity index (χ0v) is 17.6. The van der Waals surface area contributed by atoms with Gasteiger partial charge in [-0.1, -0.05) is 63.4 Å². The van der Waals surface area contributed by atoms with E-state index in [4.69, 9.17) is 9.47 Å². The molecule has 1 fully saturated rings. The van der Waals surface area contributed by atoms with Crippen LogP contribution in [0, 0.1) is 18.3 Å². The molecule has 0 saturated heterocycles. The Bertz CT molecular complexity index is 775. The molecule has 2 aromatic rings. The lowest BCUT2D eigenvalue weighted by molar-refractivity contribution is -0.150. The molecule has 28 heavy (non-hydrogen) atoms. The molecule has 1 aromatic carbocycles. The van der Waals surface area contributed by atoms with Gasteiger partial charge in [-0.3, -0.25) is 4.79 Å². The summed E-state index contributed by atoms with van der Waals surface area (Å²) in [6.07, 6.45) is 8.27. The molecule has 4 heteroatoms. The van der Waals surface area contributed by atoms with Crippen molar-refractivity contribution in [3.8, 4) is 0 Å². The first kappa shape index (κ1) is 20.7. The first-order chi connectivity index (χ1) is 13.4. The quantitative estimate of drug-likeness (QED) is 0.422. The number of esters is 1. The number of rotatable bonds is 10. The predicted molar refractivity (Wildman–Crippen MR) is 111 cm³/mol. The topological polar surface area (TPSA) is 40.5 Å². The van der Waals surface area contributed by atoms with Crippen LogP contribution in [0.5, 0.6) is 0 Å². The summed E-state index contributed by atoms with van der Waals surface area (Å²) >= 11 is 0. The molecule has 4 nitrogen and oxygen atoms in total. The molecule has 2 unspecified atom stereocenters. The number of ether oxygens (including phenoxy) is 2. The van der Waals surface area contributed by atoms with E-state index in [0.29, 0.717) is 0 Å². The third kappa shape index (κ3) is 5.05. The van der Waals surface area contributed by atoms with Gasteiger partial charge in [-0.15, -0.1) is 0 Å². The van der Waals surface area contributed by atoms with Gasteiger partial charge in [0.1, 0.15) is 0 Å². The lowest BCUT2D eigenvalue weighted by atomic mass is 10.1. The number of benzene rings is 1. The van der Waals surface area contributed by atoms with Gasteiger partial charge in [0.05, 0.1) is 12.0 Å². The second-order valence-corrected chi connectivity index (χ2v) is 8.59. The molecule has 0 N–H and O–H groups in total. The SMILES string of the molecule is CCCCCOC1C(C(=O)OCn2ccc(Cc3ccc(C)cc3)c2)C1(C)C. The second kappa shape index (κ2) is 8.95. The van der Waals surface area contributed by atoms with Gasteiger partial charge in [-0.25, -0.2) is 0 Å². The van der Waals surface area contributed by atoms with Crippen molar-refractivity contribution in [2.45, 2.75) is 66.2 Å². The van der Waals surface area contributed by atoms with Crippen molar-refractivity contribution in [1.29, 1.82) is 0 Å². The van der Waals surface area contributed by atoms with Crippen molar-refractivity contribution >= 4 is 5.97 Å². The van der Waals surface area contributed by atoms with Crippen molar-refractivity contribution < 1.29 is 14.3 Å². The number of aromatic nitrogens is 1. The van der Waals surface area contributed by atoms with Gasteiger partial charge in [0, 0.05) is 24.4 Å². The van der Waals surface area contributed by atoms with E-state index in [1.54, 1.807) is 0 Å². The van der Waals surface area contributed by atoms with Crippen molar-refractivity contribution in [3.05, 3.63) is 59.4 Å². The van der Waals surface area contributed by atoms with Gasteiger partial charge in [-0.05, 0) is 37.0 Å². The van der Waals surface area contributed by atoms with Crippen LogP contribution in [-0.4, -0.2) is 23.2 Å². The summed E-state index contributed by atoms with van der Waals surface area (Å²) < 4.78 is 13.4. The summed E-state index contributed by atoms with van der Waals surface area (Å²) in [4.78, 5) is 12.5. The maximum Gasteiger partial charge on any atom is 0.313 e. The highest BCUT2D eigenvalue weighted by Gasteiger charge is 2.64. The Morgan fingerprint density at radius 1 is 1.11 bits per heavy atom. The largest absolute Gasteiger partial charge is 0.444 e. The third-order valence-electron chi connectivity index (χ3n) is 5.72. The number of carbonyl (C=O) groups excluding carboxylic acids is 1. The van der Waals surface area contributed by atoms with Gasteiger partial charge in [0.15, 0.2) is 6.73 Å². The number of hydrogen-bond donors (Lipinski definition) is 0. The Hall–Kier alpha value is -2.07. The maximum absolute atomic E-state index is 12.5. The van der Waals surface area contributed by atoms with Gasteiger partial charge >= 0.3 is 5.97 Å². The maximum atomic E-state index is 12.5. The zero-order chi connectivity index (χ0) is 20.1. The molecule has 2 atom stereocenters. The molecule has 1 saturated carbocycles. The van der Waals surface area contributed by atoms with Crippen molar-refractivity contribution in [3.63, 3.8) is 0 Å². The monoisotopic (exact) mass is 383 g/mol. The first-order valence-corrected chi connectivity index (χ1v) is 10.4. The number of aryl methyl sites for hydroxylation is 1. The first-order valence-electron chi connectivity index (χ1n) is 10.4. The molecule has 1 aromatic heterocycles. The van der Waals surface area contributed by atoms with Gasteiger partial charge in [0.2, 0.25) is 0 Å². The van der Waals surface area contributed by atoms with Crippen LogP contribution in [0.4, 0.5) is 0 Å². The van der Waals surface area contributed by atoms with E-state index in [0.717, 1.165) is 19.4 Å². The van der Waals surface area contributed by atoms with Crippen LogP contribution < -0.4 is 0 Å². The van der Waals surface area contributed by atoms with E-state index in [9.17, 15) is 4.79 Å². The van der Waals surface area contributed by atoms with Crippen molar-refractivity contribution in [2.24, 2.45) is 11.3 Å². The molecule has 0 amide bonds. The fraction of sp³-hybridized carbons (Fsp3) is 0.542. The molecular weight excluding hydrogens is 350 g/mol. The van der Waals surface area contributed by atoms with E-state index in [1.807, 2.05) is 17.0 Å². The predicted octanol–water partition coefficient (Wildman–Crippen LogP) is 5.12. The van der Waals surface area contributed by atoms with Crippen LogP contribution >= 0.6 is 0 Å². The Labute approximate surface area is 168 Å². The highest BCUT2D eigenvalue weighted by molar-refractivity contribution is 5.78. The smallest absolute Gasteiger partial charge is 0.313 e. The Balaban J connectivity index is 1.46. The molecule has 0 radical (unpaired) electrons. The fourth-order valence-electron chi connectivity index (χ4n) is 3.74. The molecule has 0 bridgehead atoms. The number of hydrogen-bond acceptors (Lipinski definition) is 3. The lowest BCUT2D eigenvalue weighted by Crippen LogP contribution is -2.14. The molecule has 1 aliphatic rings. The Morgan fingerprint density at radius 2 is 1.86 bits per heavy atom. The molecule has 1 heterocycles. The summed E-state index contributed by atoms with van der Waals surface area (Å²) in [5.41, 5.74) is 3.63. The normalized spacial score (nSPS) is 20.1. The van der Waals surface area contributed by atoms with Crippen LogP contribution in [0.1, 0.15) is 56.7 Å². The minimum absolute atomic E-state index is 0.0152. The van der Waals surface area contributed by atoms with E-state index >= 15 is 0 Å². The molecule has 0 aliphatic heterocycles. The van der Waals surface area contributed by atoms with Gasteiger partial charge in [-0.2, -0.15) is 0 Å². The zero-order valence-electron chi connectivity index (χ0n) is 17.6.